The van der Waals surface area contributed by atoms with Gasteiger partial charge in [0.25, 0.3) is 5.91 Å². The normalized spacial score (nSPS) is 20.3. The van der Waals surface area contributed by atoms with E-state index in [0.29, 0.717) is 29.4 Å². The van der Waals surface area contributed by atoms with Crippen LogP contribution in [0, 0.1) is 6.92 Å². The van der Waals surface area contributed by atoms with Crippen LogP contribution in [0.2, 0.25) is 0 Å². The molecule has 0 saturated carbocycles. The molecule has 1 aliphatic rings. The summed E-state index contributed by atoms with van der Waals surface area (Å²) >= 11 is 0. The minimum absolute atomic E-state index is 0.118. The third kappa shape index (κ3) is 3.77. The van der Waals surface area contributed by atoms with Crippen LogP contribution in [-0.4, -0.2) is 27.6 Å². The van der Waals surface area contributed by atoms with Crippen molar-refractivity contribution < 1.29 is 14.1 Å². The zero-order valence-corrected chi connectivity index (χ0v) is 15.8. The van der Waals surface area contributed by atoms with Crippen molar-refractivity contribution in [2.45, 2.75) is 65.0 Å². The first-order valence-electron chi connectivity index (χ1n) is 9.10. The summed E-state index contributed by atoms with van der Waals surface area (Å²) in [6, 6.07) is 0. The smallest absolute Gasteiger partial charge is 0.257 e. The van der Waals surface area contributed by atoms with Gasteiger partial charge in [-0.2, -0.15) is 0 Å². The van der Waals surface area contributed by atoms with E-state index in [1.807, 2.05) is 20.8 Å². The molecule has 2 aromatic rings. The number of nitrogens with one attached hydrogen (secondary N) is 1. The van der Waals surface area contributed by atoms with E-state index in [4.69, 9.17) is 9.26 Å². The van der Waals surface area contributed by atoms with Crippen LogP contribution in [0.15, 0.2) is 16.9 Å². The summed E-state index contributed by atoms with van der Waals surface area (Å²) < 4.78 is 11.0. The van der Waals surface area contributed by atoms with Gasteiger partial charge in [0.2, 0.25) is 0 Å². The van der Waals surface area contributed by atoms with Crippen LogP contribution in [0.3, 0.4) is 0 Å². The Morgan fingerprint density at radius 2 is 2.04 bits per heavy atom. The van der Waals surface area contributed by atoms with Crippen molar-refractivity contribution in [1.82, 2.24) is 20.4 Å². The fourth-order valence-corrected chi connectivity index (χ4v) is 3.16. The Hall–Kier alpha value is -2.28. The van der Waals surface area contributed by atoms with E-state index in [1.165, 1.54) is 0 Å². The van der Waals surface area contributed by atoms with Crippen LogP contribution in [0.25, 0.3) is 0 Å². The van der Waals surface area contributed by atoms with E-state index < -0.39 is 5.60 Å². The van der Waals surface area contributed by atoms with Gasteiger partial charge in [0.05, 0.1) is 5.69 Å². The molecule has 1 atom stereocenters. The van der Waals surface area contributed by atoms with Gasteiger partial charge in [0.1, 0.15) is 16.9 Å². The maximum Gasteiger partial charge on any atom is 0.257 e. The van der Waals surface area contributed by atoms with Crippen LogP contribution in [0.5, 0.6) is 0 Å². The summed E-state index contributed by atoms with van der Waals surface area (Å²) in [6.07, 6.45) is 6.62. The molecule has 1 aliphatic heterocycles. The molecule has 140 valence electrons. The van der Waals surface area contributed by atoms with Gasteiger partial charge in [-0.3, -0.25) is 4.79 Å². The Morgan fingerprint density at radius 1 is 1.31 bits per heavy atom. The summed E-state index contributed by atoms with van der Waals surface area (Å²) in [5, 5.41) is 6.88. The molecule has 1 N–H and O–H groups in total. The summed E-state index contributed by atoms with van der Waals surface area (Å²) in [5.74, 6) is 1.15. The molecule has 0 spiro atoms. The molecule has 3 rings (SSSR count). The van der Waals surface area contributed by atoms with Gasteiger partial charge in [-0.1, -0.05) is 19.0 Å². The van der Waals surface area contributed by atoms with Crippen molar-refractivity contribution in [3.05, 3.63) is 40.8 Å². The number of nitrogens with zero attached hydrogens (tertiary/aromatic N) is 3. The van der Waals surface area contributed by atoms with Gasteiger partial charge < -0.3 is 14.6 Å². The Bertz CT molecular complexity index is 762. The number of carbonyl (C=O) groups excluding carboxylic acids is 1. The summed E-state index contributed by atoms with van der Waals surface area (Å²) in [5.41, 5.74) is 1.61. The lowest BCUT2D eigenvalue weighted by atomic mass is 9.95. The lowest BCUT2D eigenvalue weighted by molar-refractivity contribution is -0.0760. The summed E-state index contributed by atoms with van der Waals surface area (Å²) in [6.45, 7) is 8.83. The number of hydrogen-bond acceptors (Lipinski definition) is 6. The number of aryl methyl sites for hydroxylation is 1. The van der Waals surface area contributed by atoms with Gasteiger partial charge >= 0.3 is 0 Å². The van der Waals surface area contributed by atoms with E-state index in [9.17, 15) is 4.79 Å². The average molecular weight is 358 g/mol. The highest BCUT2D eigenvalue weighted by Crippen LogP contribution is 2.32. The Balaban J connectivity index is 1.65. The molecule has 3 heterocycles. The predicted octanol–water partition coefficient (Wildman–Crippen LogP) is 3.24. The Morgan fingerprint density at radius 3 is 2.65 bits per heavy atom. The van der Waals surface area contributed by atoms with E-state index in [0.717, 1.165) is 31.4 Å². The van der Waals surface area contributed by atoms with Gasteiger partial charge in [-0.15, -0.1) is 0 Å². The first kappa shape index (κ1) is 18.5. The maximum atomic E-state index is 12.5. The van der Waals surface area contributed by atoms with Crippen molar-refractivity contribution in [2.75, 3.05) is 6.61 Å². The minimum Gasteiger partial charge on any atom is -0.367 e. The molecule has 0 radical (unpaired) electrons. The molecule has 26 heavy (non-hydrogen) atoms. The van der Waals surface area contributed by atoms with Crippen LogP contribution in [0.1, 0.15) is 79.2 Å². The monoisotopic (exact) mass is 358 g/mol. The average Bonchev–Trinajstić information content (AvgIpc) is 3.03. The van der Waals surface area contributed by atoms with Crippen LogP contribution in [-0.2, 0) is 16.9 Å². The van der Waals surface area contributed by atoms with E-state index in [1.54, 1.807) is 19.3 Å². The number of ether oxygens (including phenoxy) is 1. The second kappa shape index (κ2) is 7.53. The van der Waals surface area contributed by atoms with Crippen molar-refractivity contribution in [2.24, 2.45) is 0 Å². The minimum atomic E-state index is -0.411. The predicted molar refractivity (Wildman–Crippen MR) is 95.7 cm³/mol. The molecule has 7 heteroatoms. The van der Waals surface area contributed by atoms with Crippen LogP contribution in [0.4, 0.5) is 0 Å². The van der Waals surface area contributed by atoms with Gasteiger partial charge in [0, 0.05) is 31.1 Å². The molecule has 7 nitrogen and oxygen atoms in total. The number of amides is 1. The Kier molecular flexibility index (Phi) is 5.36. The topological polar surface area (TPSA) is 90.1 Å². The summed E-state index contributed by atoms with van der Waals surface area (Å²) in [4.78, 5) is 21.4. The molecule has 0 unspecified atom stereocenters. The van der Waals surface area contributed by atoms with Crippen molar-refractivity contribution in [1.29, 1.82) is 0 Å². The fourth-order valence-electron chi connectivity index (χ4n) is 3.16. The van der Waals surface area contributed by atoms with Crippen LogP contribution >= 0.6 is 0 Å². The lowest BCUT2D eigenvalue weighted by Gasteiger charge is -2.32. The fraction of sp³-hybridized carbons (Fsp3) is 0.579. The van der Waals surface area contributed by atoms with E-state index in [-0.39, 0.29) is 11.8 Å². The van der Waals surface area contributed by atoms with Crippen molar-refractivity contribution in [3.63, 3.8) is 0 Å². The van der Waals surface area contributed by atoms with Crippen molar-refractivity contribution >= 4 is 5.91 Å². The number of aromatic nitrogens is 3. The second-order valence-electron chi connectivity index (χ2n) is 7.29. The highest BCUT2D eigenvalue weighted by Gasteiger charge is 2.32. The van der Waals surface area contributed by atoms with E-state index in [2.05, 4.69) is 20.4 Å². The van der Waals surface area contributed by atoms with Gasteiger partial charge in [-0.25, -0.2) is 9.97 Å². The lowest BCUT2D eigenvalue weighted by Crippen LogP contribution is -2.32. The third-order valence-corrected chi connectivity index (χ3v) is 4.76. The molecule has 1 saturated heterocycles. The first-order valence-corrected chi connectivity index (χ1v) is 9.10. The number of carbonyl (C=O) groups is 1. The molecule has 2 aromatic heterocycles. The molecule has 0 aliphatic carbocycles. The molecular formula is C19H26N4O3. The molecule has 1 fully saturated rings. The third-order valence-electron chi connectivity index (χ3n) is 4.76. The quantitative estimate of drug-likeness (QED) is 0.882. The van der Waals surface area contributed by atoms with E-state index >= 15 is 0 Å². The first-order chi connectivity index (χ1) is 12.4. The molecule has 0 bridgehead atoms. The highest BCUT2D eigenvalue weighted by atomic mass is 16.5. The SMILES string of the molecule is Cc1onc(C(C)C)c1C(=O)NCc1cnc([C@]2(C)CCCCO2)nc1. The van der Waals surface area contributed by atoms with Gasteiger partial charge in [-0.05, 0) is 39.0 Å². The molecule has 0 aromatic carbocycles. The Labute approximate surface area is 153 Å². The second-order valence-corrected chi connectivity index (χ2v) is 7.29. The van der Waals surface area contributed by atoms with Crippen LogP contribution < -0.4 is 5.32 Å². The van der Waals surface area contributed by atoms with Crippen molar-refractivity contribution in [3.8, 4) is 0 Å². The largest absolute Gasteiger partial charge is 0.367 e. The summed E-state index contributed by atoms with van der Waals surface area (Å²) in [7, 11) is 0. The highest BCUT2D eigenvalue weighted by molar-refractivity contribution is 5.96. The standard InChI is InChI=1S/C19H26N4O3/c1-12(2)16-15(13(3)26-23-16)17(24)20-9-14-10-21-18(22-11-14)19(4)7-5-6-8-25-19/h10-12H,5-9H2,1-4H3,(H,20,24)/t19-/m0/s1. The molecule has 1 amide bonds. The molecular weight excluding hydrogens is 332 g/mol. The zero-order chi connectivity index (χ0) is 18.7. The number of hydrogen-bond donors (Lipinski definition) is 1. The van der Waals surface area contributed by atoms with Gasteiger partial charge in [0.15, 0.2) is 5.82 Å². The number of rotatable bonds is 5. The zero-order valence-electron chi connectivity index (χ0n) is 15.8. The maximum absolute atomic E-state index is 12.5.